The van der Waals surface area contributed by atoms with E-state index in [1.165, 1.54) is 6.33 Å². The van der Waals surface area contributed by atoms with Crippen LogP contribution in [0.1, 0.15) is 17.3 Å². The van der Waals surface area contributed by atoms with Gasteiger partial charge >= 0.3 is 0 Å². The van der Waals surface area contributed by atoms with E-state index in [0.717, 1.165) is 21.7 Å². The lowest BCUT2D eigenvalue weighted by molar-refractivity contribution is 0.0746. The second-order valence-electron chi connectivity index (χ2n) is 7.58. The van der Waals surface area contributed by atoms with Crippen molar-refractivity contribution in [1.82, 2.24) is 29.9 Å². The third kappa shape index (κ3) is 4.25. The zero-order valence-corrected chi connectivity index (χ0v) is 19.6. The van der Waals surface area contributed by atoms with Crippen LogP contribution >= 0.6 is 15.9 Å². The number of piperazine rings is 1. The highest BCUT2D eigenvalue weighted by Gasteiger charge is 2.25. The molecule has 4 aromatic rings. The van der Waals surface area contributed by atoms with E-state index in [4.69, 9.17) is 4.74 Å². The van der Waals surface area contributed by atoms with E-state index in [1.54, 1.807) is 4.68 Å². The van der Waals surface area contributed by atoms with Crippen LogP contribution in [0.2, 0.25) is 0 Å². The molecule has 0 atom stereocenters. The Morgan fingerprint density at radius 3 is 2.42 bits per heavy atom. The largest absolute Gasteiger partial charge is 0.494 e. The maximum Gasteiger partial charge on any atom is 0.253 e. The quantitative estimate of drug-likeness (QED) is 0.409. The van der Waals surface area contributed by atoms with Crippen LogP contribution in [0, 0.1) is 0 Å². The molecule has 0 spiro atoms. The van der Waals surface area contributed by atoms with Crippen molar-refractivity contribution in [2.45, 2.75) is 6.92 Å². The number of hydrogen-bond acceptors (Lipinski definition) is 7. The van der Waals surface area contributed by atoms with Crippen molar-refractivity contribution >= 4 is 38.8 Å². The lowest BCUT2D eigenvalue weighted by Gasteiger charge is -2.35. The minimum absolute atomic E-state index is 0.0384. The molecule has 10 heteroatoms. The number of anilines is 1. The van der Waals surface area contributed by atoms with E-state index in [9.17, 15) is 4.79 Å². The number of nitrogens with zero attached hydrogens (tertiary/aromatic N) is 7. The zero-order chi connectivity index (χ0) is 22.8. The van der Waals surface area contributed by atoms with Gasteiger partial charge in [0, 0.05) is 36.2 Å². The third-order valence-electron chi connectivity index (χ3n) is 5.57. The summed E-state index contributed by atoms with van der Waals surface area (Å²) in [6.45, 7) is 5.09. The summed E-state index contributed by atoms with van der Waals surface area (Å²) in [5.41, 5.74) is 2.81. The van der Waals surface area contributed by atoms with Crippen molar-refractivity contribution in [2.75, 3.05) is 37.7 Å². The second-order valence-corrected chi connectivity index (χ2v) is 8.50. The fourth-order valence-corrected chi connectivity index (χ4v) is 4.15. The average Bonchev–Trinajstić information content (AvgIpc) is 3.29. The minimum atomic E-state index is 0.0384. The Hall–Kier alpha value is -3.53. The van der Waals surface area contributed by atoms with Crippen LogP contribution in [0.15, 0.2) is 59.3 Å². The molecule has 5 rings (SSSR count). The van der Waals surface area contributed by atoms with Crippen LogP contribution in [-0.4, -0.2) is 68.6 Å². The first-order valence-corrected chi connectivity index (χ1v) is 11.5. The molecule has 2 aromatic heterocycles. The van der Waals surface area contributed by atoms with Crippen LogP contribution in [-0.2, 0) is 0 Å². The van der Waals surface area contributed by atoms with Crippen molar-refractivity contribution in [2.24, 2.45) is 0 Å². The highest BCUT2D eigenvalue weighted by molar-refractivity contribution is 9.10. The maximum absolute atomic E-state index is 12.8. The first kappa shape index (κ1) is 21.3. The summed E-state index contributed by atoms with van der Waals surface area (Å²) in [5, 5.41) is 8.68. The molecule has 33 heavy (non-hydrogen) atoms. The summed E-state index contributed by atoms with van der Waals surface area (Å²) in [6.07, 6.45) is 1.53. The van der Waals surface area contributed by atoms with Crippen LogP contribution < -0.4 is 9.64 Å². The number of carbonyl (C=O) groups excluding carboxylic acids is 1. The Balaban J connectivity index is 1.34. The van der Waals surface area contributed by atoms with E-state index < -0.39 is 0 Å². The number of benzene rings is 2. The average molecular weight is 508 g/mol. The van der Waals surface area contributed by atoms with E-state index in [2.05, 4.69) is 41.1 Å². The summed E-state index contributed by atoms with van der Waals surface area (Å²) in [4.78, 5) is 25.7. The highest BCUT2D eigenvalue weighted by Crippen LogP contribution is 2.25. The molecule has 1 aliphatic rings. The molecule has 0 unspecified atom stereocenters. The summed E-state index contributed by atoms with van der Waals surface area (Å²) in [5.74, 6) is 1.57. The van der Waals surface area contributed by atoms with Crippen LogP contribution in [0.3, 0.4) is 0 Å². The topological polar surface area (TPSA) is 89.3 Å². The molecule has 0 aliphatic carbocycles. The molecule has 1 amide bonds. The molecule has 2 aromatic carbocycles. The Labute approximate surface area is 199 Å². The van der Waals surface area contributed by atoms with E-state index >= 15 is 0 Å². The summed E-state index contributed by atoms with van der Waals surface area (Å²) >= 11 is 3.41. The van der Waals surface area contributed by atoms with E-state index in [1.807, 2.05) is 60.4 Å². The monoisotopic (exact) mass is 507 g/mol. The number of ether oxygens (including phenoxy) is 1. The number of hydrogen-bond donors (Lipinski definition) is 0. The normalized spacial score (nSPS) is 14.0. The second kappa shape index (κ2) is 9.14. The number of amides is 1. The fraction of sp³-hybridized carbons (Fsp3) is 0.261. The molecule has 0 bridgehead atoms. The lowest BCUT2D eigenvalue weighted by atomic mass is 10.2. The van der Waals surface area contributed by atoms with Crippen LogP contribution in [0.25, 0.3) is 16.9 Å². The molecule has 0 saturated carbocycles. The predicted molar refractivity (Wildman–Crippen MR) is 128 cm³/mol. The number of carbonyl (C=O) groups is 1. The Kier molecular flexibility index (Phi) is 5.91. The van der Waals surface area contributed by atoms with Gasteiger partial charge in [0.05, 0.1) is 12.3 Å². The molecule has 1 saturated heterocycles. The first-order chi connectivity index (χ1) is 16.1. The van der Waals surface area contributed by atoms with Crippen molar-refractivity contribution in [3.63, 3.8) is 0 Å². The molecular weight excluding hydrogens is 486 g/mol. The van der Waals surface area contributed by atoms with Crippen molar-refractivity contribution < 1.29 is 9.53 Å². The third-order valence-corrected chi connectivity index (χ3v) is 6.10. The molecule has 1 aliphatic heterocycles. The Morgan fingerprint density at radius 2 is 1.73 bits per heavy atom. The summed E-state index contributed by atoms with van der Waals surface area (Å²) < 4.78 is 8.17. The predicted octanol–water partition coefficient (Wildman–Crippen LogP) is 3.33. The van der Waals surface area contributed by atoms with Gasteiger partial charge in [-0.15, -0.1) is 5.10 Å². The molecule has 0 radical (unpaired) electrons. The summed E-state index contributed by atoms with van der Waals surface area (Å²) in [6, 6.07) is 15.1. The number of halogens is 1. The van der Waals surface area contributed by atoms with Crippen molar-refractivity contribution in [3.05, 3.63) is 64.9 Å². The van der Waals surface area contributed by atoms with Gasteiger partial charge in [0.1, 0.15) is 12.1 Å². The molecule has 9 nitrogen and oxygen atoms in total. The van der Waals surface area contributed by atoms with Gasteiger partial charge in [-0.3, -0.25) is 4.79 Å². The summed E-state index contributed by atoms with van der Waals surface area (Å²) in [7, 11) is 0. The van der Waals surface area contributed by atoms with Gasteiger partial charge in [-0.25, -0.2) is 9.97 Å². The Morgan fingerprint density at radius 1 is 1.00 bits per heavy atom. The van der Waals surface area contributed by atoms with Gasteiger partial charge in [-0.1, -0.05) is 21.1 Å². The SMILES string of the molecule is CCOc1ccc(-n2nnc3c(N4CCN(C(=O)c5ccc(Br)cc5)CC4)ncnc32)cc1. The fourth-order valence-electron chi connectivity index (χ4n) is 3.89. The molecule has 3 heterocycles. The number of rotatable bonds is 5. The Bertz CT molecular complexity index is 1270. The van der Waals surface area contributed by atoms with Crippen LogP contribution in [0.4, 0.5) is 5.82 Å². The van der Waals surface area contributed by atoms with Crippen molar-refractivity contribution in [1.29, 1.82) is 0 Å². The standard InChI is InChI=1S/C23H22BrN7O2/c1-2-33-19-9-7-18(8-10-19)31-22-20(27-28-31)21(25-15-26-22)29-11-13-30(14-12-29)23(32)16-3-5-17(24)6-4-16/h3-10,15H,2,11-14H2,1H3. The van der Waals surface area contributed by atoms with Crippen molar-refractivity contribution in [3.8, 4) is 11.4 Å². The molecule has 168 valence electrons. The highest BCUT2D eigenvalue weighted by atomic mass is 79.9. The maximum atomic E-state index is 12.8. The number of fused-ring (bicyclic) bond motifs is 1. The first-order valence-electron chi connectivity index (χ1n) is 10.7. The zero-order valence-electron chi connectivity index (χ0n) is 18.1. The van der Waals surface area contributed by atoms with Gasteiger partial charge in [0.2, 0.25) is 0 Å². The van der Waals surface area contributed by atoms with E-state index in [0.29, 0.717) is 49.5 Å². The van der Waals surface area contributed by atoms with Gasteiger partial charge in [-0.2, -0.15) is 4.68 Å². The van der Waals surface area contributed by atoms with E-state index in [-0.39, 0.29) is 5.91 Å². The smallest absolute Gasteiger partial charge is 0.253 e. The lowest BCUT2D eigenvalue weighted by Crippen LogP contribution is -2.49. The molecule has 1 fully saturated rings. The minimum Gasteiger partial charge on any atom is -0.494 e. The van der Waals surface area contributed by atoms with Crippen LogP contribution in [0.5, 0.6) is 5.75 Å². The van der Waals surface area contributed by atoms with Gasteiger partial charge in [-0.05, 0) is 55.5 Å². The van der Waals surface area contributed by atoms with Gasteiger partial charge < -0.3 is 14.5 Å². The number of aromatic nitrogens is 5. The molecule has 0 N–H and O–H groups in total. The molecular formula is C23H22BrN7O2. The van der Waals surface area contributed by atoms with Gasteiger partial charge in [0.15, 0.2) is 17.0 Å². The van der Waals surface area contributed by atoms with Gasteiger partial charge in [0.25, 0.3) is 5.91 Å².